The maximum absolute atomic E-state index is 14.0. The molecule has 2 fully saturated rings. The van der Waals surface area contributed by atoms with Crippen LogP contribution in [0.15, 0.2) is 64.8 Å². The number of carbonyl (C=O) groups is 1. The number of aryl methyl sites for hydroxylation is 1. The molecule has 5 rings (SSSR count). The Bertz CT molecular complexity index is 1650. The number of amides is 1. The monoisotopic (exact) mass is 644 g/mol. The second-order valence-electron chi connectivity index (χ2n) is 11.5. The summed E-state index contributed by atoms with van der Waals surface area (Å²) in [5.41, 5.74) is 1.52. The summed E-state index contributed by atoms with van der Waals surface area (Å²) < 4.78 is 55.7. The van der Waals surface area contributed by atoms with Crippen LogP contribution in [-0.2, 0) is 25.6 Å². The Morgan fingerprint density at radius 2 is 1.51 bits per heavy atom. The van der Waals surface area contributed by atoms with E-state index in [1.54, 1.807) is 22.5 Å². The van der Waals surface area contributed by atoms with Crippen molar-refractivity contribution in [1.29, 1.82) is 0 Å². The molecule has 2 aliphatic carbocycles. The van der Waals surface area contributed by atoms with Crippen LogP contribution < -0.4 is 5.32 Å². The van der Waals surface area contributed by atoms with Gasteiger partial charge in [-0.05, 0) is 62.4 Å². The largest absolute Gasteiger partial charge is 0.321 e. The minimum absolute atomic E-state index is 0.0116. The molecule has 9 nitrogen and oxygen atoms in total. The molecule has 12 heteroatoms. The lowest BCUT2D eigenvalue weighted by Crippen LogP contribution is -2.48. The van der Waals surface area contributed by atoms with E-state index in [2.05, 4.69) is 15.3 Å². The van der Waals surface area contributed by atoms with Gasteiger partial charge in [0.25, 0.3) is 5.91 Å². The molecule has 3 aromatic rings. The lowest BCUT2D eigenvalue weighted by Gasteiger charge is -2.40. The van der Waals surface area contributed by atoms with Gasteiger partial charge in [-0.3, -0.25) is 4.79 Å². The molecule has 0 bridgehead atoms. The lowest BCUT2D eigenvalue weighted by atomic mass is 9.91. The number of anilines is 1. The van der Waals surface area contributed by atoms with Crippen molar-refractivity contribution >= 4 is 43.1 Å². The van der Waals surface area contributed by atoms with E-state index < -0.39 is 30.9 Å². The van der Waals surface area contributed by atoms with Gasteiger partial charge in [-0.2, -0.15) is 4.31 Å². The molecule has 43 heavy (non-hydrogen) atoms. The lowest BCUT2D eigenvalue weighted by molar-refractivity contribution is 0.102. The number of halogens is 1. The first-order valence-electron chi connectivity index (χ1n) is 14.8. The predicted octanol–water partition coefficient (Wildman–Crippen LogP) is 6.32. The van der Waals surface area contributed by atoms with Crippen molar-refractivity contribution in [2.45, 2.75) is 99.0 Å². The number of aromatic nitrogens is 2. The van der Waals surface area contributed by atoms with E-state index in [1.165, 1.54) is 24.3 Å². The molecule has 0 aliphatic heterocycles. The van der Waals surface area contributed by atoms with Gasteiger partial charge < -0.3 is 5.32 Å². The Kier molecular flexibility index (Phi) is 9.85. The van der Waals surface area contributed by atoms with Crippen LogP contribution in [0.3, 0.4) is 0 Å². The fourth-order valence-corrected chi connectivity index (χ4v) is 9.43. The van der Waals surface area contributed by atoms with Gasteiger partial charge >= 0.3 is 0 Å². The molecule has 0 atom stereocenters. The number of sulfonamides is 1. The van der Waals surface area contributed by atoms with E-state index in [-0.39, 0.29) is 33.4 Å². The summed E-state index contributed by atoms with van der Waals surface area (Å²) in [6, 6.07) is 13.2. The van der Waals surface area contributed by atoms with Crippen LogP contribution in [-0.4, -0.2) is 49.1 Å². The van der Waals surface area contributed by atoms with E-state index in [4.69, 9.17) is 11.6 Å². The van der Waals surface area contributed by atoms with Crippen molar-refractivity contribution in [2.24, 2.45) is 0 Å². The van der Waals surface area contributed by atoms with Gasteiger partial charge in [-0.1, -0.05) is 80.0 Å². The highest BCUT2D eigenvalue weighted by Gasteiger charge is 2.38. The average Bonchev–Trinajstić information content (AvgIpc) is 2.98. The van der Waals surface area contributed by atoms with Gasteiger partial charge in [0, 0.05) is 17.8 Å². The van der Waals surface area contributed by atoms with E-state index in [0.29, 0.717) is 11.3 Å². The van der Waals surface area contributed by atoms with Crippen molar-refractivity contribution in [2.75, 3.05) is 5.32 Å². The van der Waals surface area contributed by atoms with Crippen LogP contribution in [0.5, 0.6) is 0 Å². The standard InChI is InChI=1S/C31H37ClN4O5S2/c1-22-9-8-10-23(19-22)21-42(38,39)31-33-20-28(32)29(35-31)30(37)34-24-15-17-27(18-16-24)43(40,41)36(25-11-4-2-5-12-25)26-13-6-3-7-14-26/h8-10,15-20,25-26H,2-7,11-14,21H2,1H3,(H,34,37). The molecular weight excluding hydrogens is 608 g/mol. The minimum atomic E-state index is -3.96. The smallest absolute Gasteiger partial charge is 0.275 e. The maximum atomic E-state index is 14.0. The highest BCUT2D eigenvalue weighted by molar-refractivity contribution is 7.90. The Morgan fingerprint density at radius 3 is 2.09 bits per heavy atom. The number of nitrogens with one attached hydrogen (secondary N) is 1. The number of rotatable bonds is 9. The molecule has 0 saturated heterocycles. The third-order valence-electron chi connectivity index (χ3n) is 8.21. The average molecular weight is 645 g/mol. The van der Waals surface area contributed by atoms with Gasteiger partial charge in [0.1, 0.15) is 0 Å². The summed E-state index contributed by atoms with van der Waals surface area (Å²) in [5.74, 6) is -1.06. The highest BCUT2D eigenvalue weighted by Crippen LogP contribution is 2.35. The number of carbonyl (C=O) groups excluding carboxylic acids is 1. The van der Waals surface area contributed by atoms with Crippen molar-refractivity contribution in [3.8, 4) is 0 Å². The quantitative estimate of drug-likeness (QED) is 0.270. The molecule has 1 amide bonds. The molecule has 1 N–H and O–H groups in total. The molecule has 0 spiro atoms. The number of benzene rings is 2. The Hall–Kier alpha value is -2.86. The van der Waals surface area contributed by atoms with Gasteiger partial charge in [0.2, 0.25) is 25.0 Å². The third kappa shape index (κ3) is 7.45. The van der Waals surface area contributed by atoms with Crippen molar-refractivity contribution in [3.63, 3.8) is 0 Å². The molecule has 2 aliphatic rings. The zero-order valence-electron chi connectivity index (χ0n) is 24.2. The van der Waals surface area contributed by atoms with Gasteiger partial charge in [0.05, 0.1) is 21.9 Å². The second kappa shape index (κ2) is 13.4. The van der Waals surface area contributed by atoms with E-state index >= 15 is 0 Å². The van der Waals surface area contributed by atoms with Crippen LogP contribution in [0.4, 0.5) is 5.69 Å². The maximum Gasteiger partial charge on any atom is 0.275 e. The summed E-state index contributed by atoms with van der Waals surface area (Å²) in [5, 5.41) is 2.04. The van der Waals surface area contributed by atoms with Crippen LogP contribution >= 0.6 is 11.6 Å². The summed E-state index contributed by atoms with van der Waals surface area (Å²) in [6.07, 6.45) is 11.0. The molecule has 0 radical (unpaired) electrons. The molecule has 230 valence electrons. The minimum Gasteiger partial charge on any atom is -0.321 e. The first-order valence-corrected chi connectivity index (χ1v) is 18.3. The first kappa shape index (κ1) is 31.6. The van der Waals surface area contributed by atoms with Gasteiger partial charge in [-0.25, -0.2) is 26.8 Å². The van der Waals surface area contributed by atoms with E-state index in [1.807, 2.05) is 13.0 Å². The van der Waals surface area contributed by atoms with E-state index in [0.717, 1.165) is 76.0 Å². The van der Waals surface area contributed by atoms with Gasteiger partial charge in [0.15, 0.2) is 5.69 Å². The van der Waals surface area contributed by atoms with Crippen molar-refractivity contribution < 1.29 is 21.6 Å². The van der Waals surface area contributed by atoms with E-state index in [9.17, 15) is 21.6 Å². The van der Waals surface area contributed by atoms with Crippen LogP contribution in [0, 0.1) is 6.92 Å². The fraction of sp³-hybridized carbons (Fsp3) is 0.452. The molecular formula is C31H37ClN4O5S2. The molecule has 2 aromatic carbocycles. The second-order valence-corrected chi connectivity index (χ2v) is 15.6. The first-order chi connectivity index (χ1) is 20.5. The third-order valence-corrected chi connectivity index (χ3v) is 12.0. The predicted molar refractivity (Wildman–Crippen MR) is 166 cm³/mol. The van der Waals surface area contributed by atoms with Crippen LogP contribution in [0.2, 0.25) is 5.02 Å². The van der Waals surface area contributed by atoms with Gasteiger partial charge in [-0.15, -0.1) is 0 Å². The number of hydrogen-bond acceptors (Lipinski definition) is 7. The summed E-state index contributed by atoms with van der Waals surface area (Å²) in [6.45, 7) is 1.86. The fourth-order valence-electron chi connectivity index (χ4n) is 6.13. The highest BCUT2D eigenvalue weighted by atomic mass is 35.5. The number of hydrogen-bond donors (Lipinski definition) is 1. The Balaban J connectivity index is 1.33. The SMILES string of the molecule is Cc1cccc(CS(=O)(=O)c2ncc(Cl)c(C(=O)Nc3ccc(S(=O)(=O)N(C4CCCCC4)C4CCCCC4)cc3)n2)c1. The van der Waals surface area contributed by atoms with Crippen molar-refractivity contribution in [1.82, 2.24) is 14.3 Å². The summed E-state index contributed by atoms with van der Waals surface area (Å²) in [7, 11) is -7.70. The van der Waals surface area contributed by atoms with Crippen LogP contribution in [0.1, 0.15) is 85.8 Å². The number of nitrogens with zero attached hydrogens (tertiary/aromatic N) is 3. The summed E-state index contributed by atoms with van der Waals surface area (Å²) in [4.78, 5) is 21.2. The van der Waals surface area contributed by atoms with Crippen LogP contribution in [0.25, 0.3) is 0 Å². The molecule has 0 unspecified atom stereocenters. The number of sulfone groups is 1. The Labute approximate surface area is 259 Å². The molecule has 1 aromatic heterocycles. The zero-order valence-corrected chi connectivity index (χ0v) is 26.6. The molecule has 2 saturated carbocycles. The molecule has 1 heterocycles. The normalized spacial score (nSPS) is 17.2. The topological polar surface area (TPSA) is 126 Å². The zero-order chi connectivity index (χ0) is 30.6. The Morgan fingerprint density at radius 1 is 0.907 bits per heavy atom. The van der Waals surface area contributed by atoms with Crippen molar-refractivity contribution in [3.05, 3.63) is 76.6 Å². The summed E-state index contributed by atoms with van der Waals surface area (Å²) >= 11 is 6.19.